The smallest absolute Gasteiger partial charge is 0.338 e. The number of amides is 3. The van der Waals surface area contributed by atoms with E-state index < -0.39 is 23.9 Å². The first kappa shape index (κ1) is 24.8. The van der Waals surface area contributed by atoms with Gasteiger partial charge in [0.15, 0.2) is 22.8 Å². The standard InChI is InChI=1S/C22H23BrN4O7/c1-4-32-21(29)19-12(2)25-22(30)26-20(19)13-5-7-15(16(9-13)31-3)33-11-18(28)27-24-10-14-6-8-17(23)34-14/h5-10,20H,4,11H2,1-3H3,(H,27,28)(H2,25,26,30)/b24-10-/t20-/m1/s1. The van der Waals surface area contributed by atoms with Crippen LogP contribution in [-0.4, -0.2) is 44.4 Å². The Bertz CT molecular complexity index is 1140. The molecule has 0 bridgehead atoms. The van der Waals surface area contributed by atoms with E-state index in [2.05, 4.69) is 37.1 Å². The molecule has 0 saturated heterocycles. The summed E-state index contributed by atoms with van der Waals surface area (Å²) in [5, 5.41) is 9.09. The number of ether oxygens (including phenoxy) is 3. The lowest BCUT2D eigenvalue weighted by atomic mass is 9.95. The maximum Gasteiger partial charge on any atom is 0.338 e. The van der Waals surface area contributed by atoms with E-state index in [4.69, 9.17) is 18.6 Å². The van der Waals surface area contributed by atoms with Crippen LogP contribution < -0.4 is 25.5 Å². The number of carbonyl (C=O) groups excluding carboxylic acids is 3. The van der Waals surface area contributed by atoms with Gasteiger partial charge in [-0.25, -0.2) is 15.0 Å². The summed E-state index contributed by atoms with van der Waals surface area (Å²) < 4.78 is 21.9. The number of rotatable bonds is 9. The van der Waals surface area contributed by atoms with E-state index >= 15 is 0 Å². The van der Waals surface area contributed by atoms with E-state index in [1.807, 2.05) is 0 Å². The van der Waals surface area contributed by atoms with Gasteiger partial charge in [0.2, 0.25) is 0 Å². The zero-order valence-corrected chi connectivity index (χ0v) is 20.2. The van der Waals surface area contributed by atoms with E-state index in [-0.39, 0.29) is 18.8 Å². The molecule has 12 heteroatoms. The van der Waals surface area contributed by atoms with Crippen LogP contribution in [0.3, 0.4) is 0 Å². The average Bonchev–Trinajstić information content (AvgIpc) is 3.22. The van der Waals surface area contributed by atoms with E-state index in [0.717, 1.165) is 0 Å². The number of urea groups is 1. The van der Waals surface area contributed by atoms with Crippen LogP contribution in [0.15, 0.2) is 55.8 Å². The summed E-state index contributed by atoms with van der Waals surface area (Å²) in [7, 11) is 1.44. The summed E-state index contributed by atoms with van der Waals surface area (Å²) >= 11 is 3.17. The zero-order valence-electron chi connectivity index (χ0n) is 18.6. The number of methoxy groups -OCH3 is 1. The van der Waals surface area contributed by atoms with Crippen LogP contribution in [-0.2, 0) is 14.3 Å². The number of benzene rings is 1. The lowest BCUT2D eigenvalue weighted by Gasteiger charge is -2.28. The van der Waals surface area contributed by atoms with Crippen LogP contribution in [0.5, 0.6) is 11.5 Å². The van der Waals surface area contributed by atoms with Gasteiger partial charge < -0.3 is 29.3 Å². The maximum atomic E-state index is 12.5. The predicted molar refractivity (Wildman–Crippen MR) is 124 cm³/mol. The fraction of sp³-hybridized carbons (Fsp3) is 0.273. The number of halogens is 1. The Morgan fingerprint density at radius 3 is 2.74 bits per heavy atom. The van der Waals surface area contributed by atoms with E-state index in [1.165, 1.54) is 13.3 Å². The third-order valence-electron chi connectivity index (χ3n) is 4.62. The van der Waals surface area contributed by atoms with Crippen molar-refractivity contribution in [2.45, 2.75) is 19.9 Å². The minimum atomic E-state index is -0.755. The van der Waals surface area contributed by atoms with Crippen molar-refractivity contribution in [1.29, 1.82) is 0 Å². The SMILES string of the molecule is CCOC(=O)C1=C(C)NC(=O)N[C@@H]1c1ccc(OCC(=O)N/N=C\c2ccc(Br)o2)c(OC)c1. The molecule has 0 spiro atoms. The minimum absolute atomic E-state index is 0.192. The first-order valence-corrected chi connectivity index (χ1v) is 10.9. The van der Waals surface area contributed by atoms with Crippen molar-refractivity contribution in [2.24, 2.45) is 5.10 Å². The van der Waals surface area contributed by atoms with Gasteiger partial charge in [0.25, 0.3) is 5.91 Å². The number of nitrogens with zero attached hydrogens (tertiary/aromatic N) is 1. The summed E-state index contributed by atoms with van der Waals surface area (Å²) in [4.78, 5) is 36.6. The molecule has 34 heavy (non-hydrogen) atoms. The van der Waals surface area contributed by atoms with Gasteiger partial charge in [-0.3, -0.25) is 4.79 Å². The number of hydrogen-bond donors (Lipinski definition) is 3. The minimum Gasteiger partial charge on any atom is -0.493 e. The molecule has 1 aliphatic rings. The molecule has 2 heterocycles. The molecule has 0 aliphatic carbocycles. The lowest BCUT2D eigenvalue weighted by molar-refractivity contribution is -0.139. The lowest BCUT2D eigenvalue weighted by Crippen LogP contribution is -2.45. The van der Waals surface area contributed by atoms with Crippen molar-refractivity contribution >= 4 is 40.1 Å². The van der Waals surface area contributed by atoms with E-state index in [0.29, 0.717) is 33.2 Å². The van der Waals surface area contributed by atoms with Gasteiger partial charge >= 0.3 is 12.0 Å². The summed E-state index contributed by atoms with van der Waals surface area (Å²) in [6.07, 6.45) is 1.35. The van der Waals surface area contributed by atoms with Crippen LogP contribution in [0.4, 0.5) is 4.79 Å². The van der Waals surface area contributed by atoms with Crippen LogP contribution in [0.1, 0.15) is 31.2 Å². The molecule has 0 radical (unpaired) electrons. The number of hydrogen-bond acceptors (Lipinski definition) is 8. The van der Waals surface area contributed by atoms with Gasteiger partial charge in [0.1, 0.15) is 5.76 Å². The Hall–Kier alpha value is -3.80. The molecule has 180 valence electrons. The number of carbonyl (C=O) groups is 3. The molecular weight excluding hydrogens is 512 g/mol. The Morgan fingerprint density at radius 1 is 1.26 bits per heavy atom. The van der Waals surface area contributed by atoms with Crippen molar-refractivity contribution in [3.63, 3.8) is 0 Å². The zero-order chi connectivity index (χ0) is 24.7. The van der Waals surface area contributed by atoms with Crippen molar-refractivity contribution in [1.82, 2.24) is 16.1 Å². The Balaban J connectivity index is 1.70. The van der Waals surface area contributed by atoms with E-state index in [1.54, 1.807) is 44.2 Å². The second-order valence-corrected chi connectivity index (χ2v) is 7.71. The van der Waals surface area contributed by atoms with Gasteiger partial charge in [-0.1, -0.05) is 6.07 Å². The Kier molecular flexibility index (Phi) is 8.30. The molecule has 1 atom stereocenters. The molecule has 2 aromatic rings. The molecular formula is C22H23BrN4O7. The molecule has 0 unspecified atom stereocenters. The summed E-state index contributed by atoms with van der Waals surface area (Å²) in [6.45, 7) is 3.19. The van der Waals surface area contributed by atoms with Crippen molar-refractivity contribution in [3.05, 3.63) is 57.6 Å². The highest BCUT2D eigenvalue weighted by molar-refractivity contribution is 9.10. The highest BCUT2D eigenvalue weighted by Crippen LogP contribution is 2.34. The van der Waals surface area contributed by atoms with E-state index in [9.17, 15) is 14.4 Å². The molecule has 1 aromatic carbocycles. The van der Waals surface area contributed by atoms with Gasteiger partial charge in [0.05, 0.1) is 31.5 Å². The highest BCUT2D eigenvalue weighted by Gasteiger charge is 2.32. The monoisotopic (exact) mass is 534 g/mol. The van der Waals surface area contributed by atoms with Gasteiger partial charge in [0, 0.05) is 5.70 Å². The molecule has 11 nitrogen and oxygen atoms in total. The topological polar surface area (TPSA) is 140 Å². The second kappa shape index (κ2) is 11.4. The molecule has 3 amide bonds. The second-order valence-electron chi connectivity index (χ2n) is 6.92. The molecule has 3 N–H and O–H groups in total. The Morgan fingerprint density at radius 2 is 2.06 bits per heavy atom. The first-order valence-electron chi connectivity index (χ1n) is 10.2. The van der Waals surface area contributed by atoms with Gasteiger partial charge in [-0.05, 0) is 59.6 Å². The van der Waals surface area contributed by atoms with Crippen molar-refractivity contribution < 1.29 is 33.0 Å². The van der Waals surface area contributed by atoms with Crippen LogP contribution >= 0.6 is 15.9 Å². The molecule has 1 aromatic heterocycles. The van der Waals surface area contributed by atoms with Crippen molar-refractivity contribution in [3.8, 4) is 11.5 Å². The summed E-state index contributed by atoms with van der Waals surface area (Å²) in [6, 6.07) is 7.03. The highest BCUT2D eigenvalue weighted by atomic mass is 79.9. The van der Waals surface area contributed by atoms with Crippen LogP contribution in [0.2, 0.25) is 0 Å². The molecule has 0 fully saturated rings. The molecule has 3 rings (SSSR count). The number of nitrogens with one attached hydrogen (secondary N) is 3. The third kappa shape index (κ3) is 6.16. The first-order chi connectivity index (χ1) is 16.3. The quantitative estimate of drug-likeness (QED) is 0.255. The maximum absolute atomic E-state index is 12.5. The van der Waals surface area contributed by atoms with Crippen LogP contribution in [0, 0.1) is 0 Å². The largest absolute Gasteiger partial charge is 0.493 e. The number of allylic oxidation sites excluding steroid dienone is 1. The fourth-order valence-electron chi connectivity index (χ4n) is 3.15. The molecule has 0 saturated carbocycles. The Labute approximate surface area is 203 Å². The normalized spacial score (nSPS) is 15.5. The predicted octanol–water partition coefficient (Wildman–Crippen LogP) is 2.77. The van der Waals surface area contributed by atoms with Gasteiger partial charge in [-0.15, -0.1) is 0 Å². The number of furan rings is 1. The van der Waals surface area contributed by atoms with Gasteiger partial charge in [-0.2, -0.15) is 5.10 Å². The molecule has 1 aliphatic heterocycles. The average molecular weight is 535 g/mol. The number of esters is 1. The third-order valence-corrected chi connectivity index (χ3v) is 5.05. The van der Waals surface area contributed by atoms with Crippen LogP contribution in [0.25, 0.3) is 0 Å². The summed E-state index contributed by atoms with van der Waals surface area (Å²) in [5.74, 6) is 0.0152. The summed E-state index contributed by atoms with van der Waals surface area (Å²) in [5.41, 5.74) is 3.57. The van der Waals surface area contributed by atoms with Crippen molar-refractivity contribution in [2.75, 3.05) is 20.3 Å². The fourth-order valence-corrected chi connectivity index (χ4v) is 3.47. The number of hydrazone groups is 1.